The molecule has 1 aliphatic heterocycles. The van der Waals surface area contributed by atoms with Crippen LogP contribution in [-0.4, -0.2) is 14.5 Å². The quantitative estimate of drug-likeness (QED) is 0.386. The van der Waals surface area contributed by atoms with Crippen molar-refractivity contribution in [3.63, 3.8) is 0 Å². The standard InChI is InChI=1S/C13H13IO5/c1-4-12(2,14)11(15)18-9-7-5-6-8(17-7)10(9)19-13(6,3)16/h5,16H,4H2,1-3H3. The number of furan rings is 2. The van der Waals surface area contributed by atoms with E-state index in [0.29, 0.717) is 28.9 Å². The minimum atomic E-state index is -1.42. The van der Waals surface area contributed by atoms with Crippen LogP contribution in [0.1, 0.15) is 32.8 Å². The van der Waals surface area contributed by atoms with E-state index in [-0.39, 0.29) is 11.7 Å². The minimum absolute atomic E-state index is 0.262. The molecule has 0 amide bonds. The van der Waals surface area contributed by atoms with Gasteiger partial charge in [0, 0.05) is 6.92 Å². The molecule has 0 aliphatic carbocycles. The van der Waals surface area contributed by atoms with Crippen LogP contribution < -0.4 is 9.47 Å². The van der Waals surface area contributed by atoms with Gasteiger partial charge in [-0.25, -0.2) is 0 Å². The molecule has 1 N–H and O–H groups in total. The molecule has 0 aromatic carbocycles. The third-order valence-corrected chi connectivity index (χ3v) is 4.66. The van der Waals surface area contributed by atoms with Crippen LogP contribution in [0.3, 0.4) is 0 Å². The molecular formula is C13H13IO5. The average Bonchev–Trinajstić information content (AvgIpc) is 2.92. The largest absolute Gasteiger partial charge is 0.450 e. The number of hydrogen-bond donors (Lipinski definition) is 1. The first-order chi connectivity index (χ1) is 8.76. The first-order valence-electron chi connectivity index (χ1n) is 5.98. The Hall–Kier alpha value is -1.02. The lowest BCUT2D eigenvalue weighted by molar-refractivity contribution is -0.137. The van der Waals surface area contributed by atoms with Gasteiger partial charge in [-0.1, -0.05) is 29.5 Å². The molecule has 0 saturated heterocycles. The first-order valence-corrected chi connectivity index (χ1v) is 7.06. The monoisotopic (exact) mass is 376 g/mol. The molecular weight excluding hydrogens is 363 g/mol. The van der Waals surface area contributed by atoms with Gasteiger partial charge in [0.25, 0.3) is 0 Å². The average molecular weight is 376 g/mol. The topological polar surface area (TPSA) is 68.9 Å². The molecule has 2 bridgehead atoms. The molecule has 102 valence electrons. The van der Waals surface area contributed by atoms with Gasteiger partial charge in [-0.3, -0.25) is 4.79 Å². The summed E-state index contributed by atoms with van der Waals surface area (Å²) < 4.78 is 15.6. The Kier molecular flexibility index (Phi) is 2.57. The van der Waals surface area contributed by atoms with Crippen molar-refractivity contribution in [1.82, 2.24) is 0 Å². The van der Waals surface area contributed by atoms with E-state index in [0.717, 1.165) is 0 Å². The second-order valence-corrected chi connectivity index (χ2v) is 7.42. The van der Waals surface area contributed by atoms with Crippen LogP contribution >= 0.6 is 22.6 Å². The van der Waals surface area contributed by atoms with E-state index < -0.39 is 9.21 Å². The summed E-state index contributed by atoms with van der Waals surface area (Å²) in [6.45, 7) is 5.25. The zero-order chi connectivity index (χ0) is 14.0. The number of alkyl halides is 1. The molecule has 19 heavy (non-hydrogen) atoms. The second kappa shape index (κ2) is 3.76. The molecule has 1 aliphatic rings. The van der Waals surface area contributed by atoms with Crippen LogP contribution in [0.25, 0.3) is 11.2 Å². The highest BCUT2D eigenvalue weighted by atomic mass is 127. The fraction of sp³-hybridized carbons (Fsp3) is 0.462. The van der Waals surface area contributed by atoms with Crippen molar-refractivity contribution in [3.05, 3.63) is 11.6 Å². The summed E-state index contributed by atoms with van der Waals surface area (Å²) in [5, 5.41) is 10.0. The number of carbonyl (C=O) groups excluding carboxylic acids is 1. The van der Waals surface area contributed by atoms with E-state index in [1.165, 1.54) is 6.92 Å². The maximum absolute atomic E-state index is 12.1. The van der Waals surface area contributed by atoms with Gasteiger partial charge in [0.2, 0.25) is 17.3 Å². The van der Waals surface area contributed by atoms with E-state index in [9.17, 15) is 9.90 Å². The normalized spacial score (nSPS) is 24.5. The van der Waals surface area contributed by atoms with Gasteiger partial charge in [-0.05, 0) is 19.4 Å². The number of benzene rings is 1. The van der Waals surface area contributed by atoms with Crippen LogP contribution in [0.15, 0.2) is 10.5 Å². The van der Waals surface area contributed by atoms with Crippen molar-refractivity contribution in [2.24, 2.45) is 0 Å². The summed E-state index contributed by atoms with van der Waals surface area (Å²) in [4.78, 5) is 12.1. The van der Waals surface area contributed by atoms with Gasteiger partial charge in [0.15, 0.2) is 11.2 Å². The molecule has 0 saturated carbocycles. The Morgan fingerprint density at radius 2 is 2.32 bits per heavy atom. The third-order valence-electron chi connectivity index (χ3n) is 3.45. The summed E-state index contributed by atoms with van der Waals surface area (Å²) in [5.41, 5.74) is 1.45. The highest BCUT2D eigenvalue weighted by Crippen LogP contribution is 2.54. The zero-order valence-corrected chi connectivity index (χ0v) is 12.9. The maximum atomic E-state index is 12.1. The molecule has 3 rings (SSSR count). The zero-order valence-electron chi connectivity index (χ0n) is 10.7. The van der Waals surface area contributed by atoms with Crippen molar-refractivity contribution in [2.75, 3.05) is 0 Å². The Balaban J connectivity index is 1.95. The Morgan fingerprint density at radius 1 is 1.63 bits per heavy atom. The summed E-state index contributed by atoms with van der Waals surface area (Å²) in [6.07, 6.45) is 0.654. The molecule has 0 spiro atoms. The molecule has 2 aromatic rings. The Labute approximate surface area is 123 Å². The van der Waals surface area contributed by atoms with Crippen molar-refractivity contribution in [3.8, 4) is 11.5 Å². The van der Waals surface area contributed by atoms with Gasteiger partial charge < -0.3 is 19.0 Å². The first kappa shape index (κ1) is 13.0. The van der Waals surface area contributed by atoms with Crippen LogP contribution in [0.4, 0.5) is 0 Å². The maximum Gasteiger partial charge on any atom is 0.327 e. The second-order valence-electron chi connectivity index (χ2n) is 5.04. The van der Waals surface area contributed by atoms with Crippen LogP contribution in [0.2, 0.25) is 0 Å². The number of ether oxygens (including phenoxy) is 2. The summed E-state index contributed by atoms with van der Waals surface area (Å²) in [5.74, 6) is -1.20. The molecule has 0 fully saturated rings. The predicted octanol–water partition coefficient (Wildman–Crippen LogP) is 2.94. The fourth-order valence-corrected chi connectivity index (χ4v) is 2.13. The third kappa shape index (κ3) is 1.73. The molecule has 3 heterocycles. The number of halogens is 1. The lowest BCUT2D eigenvalue weighted by atomic mass is 10.1. The molecule has 2 unspecified atom stereocenters. The SMILES string of the molecule is CCC(C)(I)C(=O)Oc1c2c3oc1cc3C(C)(O)O2. The summed E-state index contributed by atoms with van der Waals surface area (Å²) >= 11 is 2.06. The van der Waals surface area contributed by atoms with E-state index in [1.807, 2.05) is 6.92 Å². The molecule has 0 radical (unpaired) electrons. The van der Waals surface area contributed by atoms with Crippen molar-refractivity contribution >= 4 is 39.7 Å². The van der Waals surface area contributed by atoms with Crippen LogP contribution in [0.5, 0.6) is 11.5 Å². The molecule has 6 heteroatoms. The van der Waals surface area contributed by atoms with Crippen molar-refractivity contribution < 1.29 is 23.8 Å². The Bertz CT molecular complexity index is 655. The summed E-state index contributed by atoms with van der Waals surface area (Å²) in [7, 11) is 0. The van der Waals surface area contributed by atoms with Crippen LogP contribution in [-0.2, 0) is 10.6 Å². The van der Waals surface area contributed by atoms with Gasteiger partial charge in [-0.2, -0.15) is 0 Å². The van der Waals surface area contributed by atoms with E-state index >= 15 is 0 Å². The Morgan fingerprint density at radius 3 is 2.95 bits per heavy atom. The van der Waals surface area contributed by atoms with Crippen molar-refractivity contribution in [1.29, 1.82) is 0 Å². The smallest absolute Gasteiger partial charge is 0.327 e. The van der Waals surface area contributed by atoms with Crippen LogP contribution in [0, 0.1) is 0 Å². The number of aliphatic hydroxyl groups is 1. The van der Waals surface area contributed by atoms with Gasteiger partial charge in [0.05, 0.1) is 5.56 Å². The molecule has 5 nitrogen and oxygen atoms in total. The van der Waals surface area contributed by atoms with Gasteiger partial charge in [-0.15, -0.1) is 0 Å². The molecule has 2 aromatic heterocycles. The highest BCUT2D eigenvalue weighted by Gasteiger charge is 2.45. The number of esters is 1. The minimum Gasteiger partial charge on any atom is -0.450 e. The highest BCUT2D eigenvalue weighted by molar-refractivity contribution is 14.1. The number of rotatable bonds is 3. The van der Waals surface area contributed by atoms with E-state index in [1.54, 1.807) is 13.0 Å². The van der Waals surface area contributed by atoms with E-state index in [4.69, 9.17) is 13.9 Å². The number of fused-ring (bicyclic) bond motifs is 1. The summed E-state index contributed by atoms with van der Waals surface area (Å²) in [6, 6.07) is 1.64. The lowest BCUT2D eigenvalue weighted by Gasteiger charge is -2.18. The lowest BCUT2D eigenvalue weighted by Crippen LogP contribution is -2.31. The van der Waals surface area contributed by atoms with Gasteiger partial charge in [0.1, 0.15) is 3.42 Å². The van der Waals surface area contributed by atoms with Crippen molar-refractivity contribution in [2.45, 2.75) is 36.4 Å². The van der Waals surface area contributed by atoms with E-state index in [2.05, 4.69) is 22.6 Å². The fourth-order valence-electron chi connectivity index (χ4n) is 2.02. The molecule has 2 atom stereocenters. The number of hydrogen-bond acceptors (Lipinski definition) is 5. The number of carbonyl (C=O) groups is 1. The predicted molar refractivity (Wildman–Crippen MR) is 75.9 cm³/mol. The van der Waals surface area contributed by atoms with Gasteiger partial charge >= 0.3 is 5.97 Å².